The second-order valence-electron chi connectivity index (χ2n) is 8.17. The quantitative estimate of drug-likeness (QED) is 0.525. The van der Waals surface area contributed by atoms with Crippen molar-refractivity contribution in [2.24, 2.45) is 0 Å². The third kappa shape index (κ3) is 4.09. The van der Waals surface area contributed by atoms with Crippen molar-refractivity contribution in [3.8, 4) is 0 Å². The van der Waals surface area contributed by atoms with Crippen molar-refractivity contribution in [2.75, 3.05) is 13.1 Å². The van der Waals surface area contributed by atoms with Gasteiger partial charge in [-0.25, -0.2) is 4.68 Å². The number of rotatable bonds is 5. The zero-order chi connectivity index (χ0) is 21.2. The van der Waals surface area contributed by atoms with Gasteiger partial charge in [0.05, 0.1) is 6.20 Å². The number of likely N-dealkylation sites (tertiary alicyclic amines) is 1. The predicted molar refractivity (Wildman–Crippen MR) is 121 cm³/mol. The fraction of sp³-hybridized carbons (Fsp3) is 0.292. The lowest BCUT2D eigenvalue weighted by Gasteiger charge is -2.32. The van der Waals surface area contributed by atoms with E-state index in [9.17, 15) is 9.59 Å². The van der Waals surface area contributed by atoms with Gasteiger partial charge in [0.1, 0.15) is 12.1 Å². The number of H-pyrrole nitrogens is 1. The molecule has 31 heavy (non-hydrogen) atoms. The summed E-state index contributed by atoms with van der Waals surface area (Å²) in [6, 6.07) is 18.3. The highest BCUT2D eigenvalue weighted by Gasteiger charge is 2.21. The molecule has 1 aliphatic heterocycles. The lowest BCUT2D eigenvalue weighted by atomic mass is 10.0. The number of piperidine rings is 1. The summed E-state index contributed by atoms with van der Waals surface area (Å²) in [4.78, 5) is 31.0. The Morgan fingerprint density at radius 2 is 1.77 bits per heavy atom. The van der Waals surface area contributed by atoms with Crippen LogP contribution >= 0.6 is 0 Å². The van der Waals surface area contributed by atoms with Gasteiger partial charge < -0.3 is 10.3 Å². The molecule has 158 valence electrons. The van der Waals surface area contributed by atoms with Gasteiger partial charge in [-0.3, -0.25) is 14.5 Å². The van der Waals surface area contributed by atoms with E-state index in [-0.39, 0.29) is 24.1 Å². The van der Waals surface area contributed by atoms with Crippen molar-refractivity contribution in [3.63, 3.8) is 0 Å². The minimum absolute atomic E-state index is 0.0750. The van der Waals surface area contributed by atoms with Gasteiger partial charge in [0.2, 0.25) is 5.91 Å². The summed E-state index contributed by atoms with van der Waals surface area (Å²) < 4.78 is 1.23. The normalized spacial score (nSPS) is 15.5. The Morgan fingerprint density at radius 3 is 2.58 bits per heavy atom. The number of aromatic amines is 1. The molecular weight excluding hydrogens is 390 g/mol. The lowest BCUT2D eigenvalue weighted by Crippen LogP contribution is -2.46. The first-order valence-electron chi connectivity index (χ1n) is 10.7. The van der Waals surface area contributed by atoms with Crippen LogP contribution in [0.15, 0.2) is 65.6 Å². The molecule has 0 bridgehead atoms. The van der Waals surface area contributed by atoms with Crippen LogP contribution in [0.5, 0.6) is 0 Å². The van der Waals surface area contributed by atoms with E-state index in [2.05, 4.69) is 44.6 Å². The van der Waals surface area contributed by atoms with Crippen LogP contribution in [0.3, 0.4) is 0 Å². The van der Waals surface area contributed by atoms with Crippen molar-refractivity contribution >= 4 is 27.7 Å². The van der Waals surface area contributed by atoms with Crippen molar-refractivity contribution in [3.05, 3.63) is 76.7 Å². The number of benzene rings is 2. The summed E-state index contributed by atoms with van der Waals surface area (Å²) in [5, 5.41) is 9.05. The number of hydrogen-bond donors (Lipinski definition) is 2. The van der Waals surface area contributed by atoms with Crippen LogP contribution in [0.1, 0.15) is 18.4 Å². The zero-order valence-corrected chi connectivity index (χ0v) is 17.3. The number of aromatic nitrogens is 3. The second-order valence-corrected chi connectivity index (χ2v) is 8.17. The average Bonchev–Trinajstić information content (AvgIpc) is 3.17. The monoisotopic (exact) mass is 415 g/mol. The van der Waals surface area contributed by atoms with E-state index in [1.165, 1.54) is 10.2 Å². The van der Waals surface area contributed by atoms with E-state index in [1.807, 2.05) is 30.3 Å². The topological polar surface area (TPSA) is 83.0 Å². The second kappa shape index (κ2) is 8.35. The van der Waals surface area contributed by atoms with Gasteiger partial charge in [0.25, 0.3) is 5.56 Å². The summed E-state index contributed by atoms with van der Waals surface area (Å²) >= 11 is 0. The standard InChI is InChI=1S/C24H25N5O2/c30-22(26-18-10-12-28(13-11-18)15-17-6-2-1-3-7-17)16-29-24(31)23-20(14-25-29)19-8-4-5-9-21(19)27-23/h1-9,14,18,27H,10-13,15-16H2,(H,26,30). The lowest BCUT2D eigenvalue weighted by molar-refractivity contribution is -0.122. The van der Waals surface area contributed by atoms with Crippen molar-refractivity contribution in [1.82, 2.24) is 25.0 Å². The third-order valence-electron chi connectivity index (χ3n) is 6.02. The van der Waals surface area contributed by atoms with Crippen LogP contribution in [-0.2, 0) is 17.9 Å². The minimum atomic E-state index is -0.276. The molecule has 2 aromatic carbocycles. The molecule has 0 aliphatic carbocycles. The molecule has 1 fully saturated rings. The molecule has 0 saturated carbocycles. The van der Waals surface area contributed by atoms with Crippen LogP contribution < -0.4 is 10.9 Å². The van der Waals surface area contributed by atoms with Gasteiger partial charge in [-0.05, 0) is 24.5 Å². The van der Waals surface area contributed by atoms with Crippen LogP contribution in [0.2, 0.25) is 0 Å². The third-order valence-corrected chi connectivity index (χ3v) is 6.02. The van der Waals surface area contributed by atoms with Gasteiger partial charge in [-0.2, -0.15) is 5.10 Å². The first kappa shape index (κ1) is 19.5. The van der Waals surface area contributed by atoms with E-state index in [1.54, 1.807) is 6.20 Å². The predicted octanol–water partition coefficient (Wildman–Crippen LogP) is 2.66. The zero-order valence-electron chi connectivity index (χ0n) is 17.3. The summed E-state index contributed by atoms with van der Waals surface area (Å²) in [6.45, 7) is 2.75. The SMILES string of the molecule is O=C(Cn1ncc2c([nH]c3ccccc32)c1=O)NC1CCN(Cc2ccccc2)CC1. The van der Waals surface area contributed by atoms with Crippen LogP contribution in [0, 0.1) is 0 Å². The van der Waals surface area contributed by atoms with Crippen molar-refractivity contribution in [1.29, 1.82) is 0 Å². The Kier molecular flexibility index (Phi) is 5.26. The van der Waals surface area contributed by atoms with Crippen molar-refractivity contribution in [2.45, 2.75) is 32.0 Å². The number of amides is 1. The molecule has 0 unspecified atom stereocenters. The molecule has 4 aromatic rings. The van der Waals surface area contributed by atoms with E-state index in [0.717, 1.165) is 48.8 Å². The Balaban J connectivity index is 1.20. The average molecular weight is 415 g/mol. The number of nitrogens with one attached hydrogen (secondary N) is 2. The van der Waals surface area contributed by atoms with E-state index in [4.69, 9.17) is 0 Å². The largest absolute Gasteiger partial charge is 0.352 e. The fourth-order valence-corrected chi connectivity index (χ4v) is 4.37. The molecule has 0 radical (unpaired) electrons. The molecule has 1 aliphatic rings. The molecule has 7 nitrogen and oxygen atoms in total. The summed E-state index contributed by atoms with van der Waals surface area (Å²) in [5.74, 6) is -0.174. The number of carbonyl (C=O) groups is 1. The van der Waals surface area contributed by atoms with E-state index in [0.29, 0.717) is 5.52 Å². The maximum Gasteiger partial charge on any atom is 0.291 e. The van der Waals surface area contributed by atoms with Crippen LogP contribution in [-0.4, -0.2) is 44.7 Å². The highest BCUT2D eigenvalue weighted by atomic mass is 16.2. The van der Waals surface area contributed by atoms with Crippen molar-refractivity contribution < 1.29 is 4.79 Å². The van der Waals surface area contributed by atoms with Gasteiger partial charge in [0.15, 0.2) is 0 Å². The van der Waals surface area contributed by atoms with Gasteiger partial charge in [0, 0.05) is 42.0 Å². The van der Waals surface area contributed by atoms with E-state index >= 15 is 0 Å². The van der Waals surface area contributed by atoms with E-state index < -0.39 is 0 Å². The molecule has 2 N–H and O–H groups in total. The Bertz CT molecular complexity index is 1270. The Labute approximate surface area is 179 Å². The summed E-state index contributed by atoms with van der Waals surface area (Å²) in [7, 11) is 0. The fourth-order valence-electron chi connectivity index (χ4n) is 4.37. The first-order valence-corrected chi connectivity index (χ1v) is 10.7. The smallest absolute Gasteiger partial charge is 0.291 e. The summed E-state index contributed by atoms with van der Waals surface area (Å²) in [5.41, 5.74) is 2.41. The van der Waals surface area contributed by atoms with Crippen LogP contribution in [0.4, 0.5) is 0 Å². The molecule has 0 spiro atoms. The number of para-hydroxylation sites is 1. The number of nitrogens with zero attached hydrogens (tertiary/aromatic N) is 3. The molecule has 1 amide bonds. The molecule has 0 atom stereocenters. The summed E-state index contributed by atoms with van der Waals surface area (Å²) in [6.07, 6.45) is 3.47. The highest BCUT2D eigenvalue weighted by molar-refractivity contribution is 6.06. The van der Waals surface area contributed by atoms with Gasteiger partial charge in [-0.1, -0.05) is 48.5 Å². The maximum absolute atomic E-state index is 12.8. The molecule has 2 aromatic heterocycles. The van der Waals surface area contributed by atoms with Crippen LogP contribution in [0.25, 0.3) is 21.8 Å². The maximum atomic E-state index is 12.8. The minimum Gasteiger partial charge on any atom is -0.352 e. The highest BCUT2D eigenvalue weighted by Crippen LogP contribution is 2.21. The Morgan fingerprint density at radius 1 is 1.03 bits per heavy atom. The number of carbonyl (C=O) groups excluding carboxylic acids is 1. The number of hydrogen-bond acceptors (Lipinski definition) is 4. The molecule has 3 heterocycles. The van der Waals surface area contributed by atoms with Gasteiger partial charge >= 0.3 is 0 Å². The molecule has 5 rings (SSSR count). The van der Waals surface area contributed by atoms with Gasteiger partial charge in [-0.15, -0.1) is 0 Å². The molecule has 1 saturated heterocycles. The molecular formula is C24H25N5O2. The number of fused-ring (bicyclic) bond motifs is 3. The first-order chi connectivity index (χ1) is 15.2. The molecule has 7 heteroatoms. The Hall–Kier alpha value is -3.45.